The molecule has 1 fully saturated rings. The van der Waals surface area contributed by atoms with Gasteiger partial charge in [0.25, 0.3) is 17.7 Å². The Morgan fingerprint density at radius 1 is 0.895 bits per heavy atom. The van der Waals surface area contributed by atoms with Crippen LogP contribution in [0.25, 0.3) is 0 Å². The highest BCUT2D eigenvalue weighted by Gasteiger charge is 2.38. The van der Waals surface area contributed by atoms with Gasteiger partial charge >= 0.3 is 0 Å². The summed E-state index contributed by atoms with van der Waals surface area (Å²) >= 11 is 6.31. The second-order valence-electron chi connectivity index (χ2n) is 9.73. The third-order valence-electron chi connectivity index (χ3n) is 7.09. The van der Waals surface area contributed by atoms with Crippen molar-refractivity contribution in [2.45, 2.75) is 20.0 Å². The molecule has 8 heteroatoms. The van der Waals surface area contributed by atoms with Crippen molar-refractivity contribution in [2.24, 2.45) is 0 Å². The fourth-order valence-corrected chi connectivity index (χ4v) is 5.09. The zero-order valence-electron chi connectivity index (χ0n) is 21.2. The van der Waals surface area contributed by atoms with E-state index in [9.17, 15) is 14.4 Å². The van der Waals surface area contributed by atoms with Gasteiger partial charge in [-0.05, 0) is 30.2 Å². The van der Waals surface area contributed by atoms with E-state index >= 15 is 0 Å². The number of hydrogen-bond donors (Lipinski definition) is 2. The van der Waals surface area contributed by atoms with Crippen LogP contribution in [0.4, 0.5) is 5.69 Å². The lowest BCUT2D eigenvalue weighted by molar-refractivity contribution is -0.917. The van der Waals surface area contributed by atoms with E-state index in [-0.39, 0.29) is 23.2 Å². The first-order valence-corrected chi connectivity index (χ1v) is 13.1. The molecule has 3 aromatic carbocycles. The number of halogens is 1. The van der Waals surface area contributed by atoms with Crippen LogP contribution in [0.2, 0.25) is 0 Å². The minimum atomic E-state index is -0.538. The van der Waals surface area contributed by atoms with Gasteiger partial charge in [0.15, 0.2) is 0 Å². The first kappa shape index (κ1) is 25.7. The second-order valence-corrected chi connectivity index (χ2v) is 10.1. The van der Waals surface area contributed by atoms with E-state index in [0.717, 1.165) is 35.7 Å². The van der Waals surface area contributed by atoms with E-state index in [1.54, 1.807) is 12.1 Å². The van der Waals surface area contributed by atoms with Crippen LogP contribution in [-0.2, 0) is 22.7 Å². The maximum absolute atomic E-state index is 13.3. The summed E-state index contributed by atoms with van der Waals surface area (Å²) in [5, 5.41) is 2.90. The number of carbonyl (C=O) groups excluding carboxylic acids is 3. The zero-order chi connectivity index (χ0) is 26.6. The topological polar surface area (TPSA) is 74.2 Å². The van der Waals surface area contributed by atoms with Crippen molar-refractivity contribution >= 4 is 35.0 Å². The van der Waals surface area contributed by atoms with Gasteiger partial charge in [-0.3, -0.25) is 19.3 Å². The van der Waals surface area contributed by atoms with Crippen molar-refractivity contribution in [3.63, 3.8) is 0 Å². The molecule has 3 amide bonds. The SMILES string of the molecule is Cc1ccc(C(=O)N2CC[NH+](Cc3ccccc3)CC2)cc1NC1=C(Cl)C(=O)N(Cc2ccccc2)C1=O. The number of carbonyl (C=O) groups is 3. The summed E-state index contributed by atoms with van der Waals surface area (Å²) in [6.45, 7) is 6.08. The molecule has 2 aliphatic rings. The fraction of sp³-hybridized carbons (Fsp3) is 0.233. The largest absolute Gasteiger partial charge is 0.349 e. The molecule has 194 valence electrons. The van der Waals surface area contributed by atoms with E-state index in [2.05, 4.69) is 29.6 Å². The van der Waals surface area contributed by atoms with Gasteiger partial charge in [0, 0.05) is 16.8 Å². The quantitative estimate of drug-likeness (QED) is 0.462. The van der Waals surface area contributed by atoms with Crippen molar-refractivity contribution in [2.75, 3.05) is 31.5 Å². The molecule has 0 radical (unpaired) electrons. The Hall–Kier alpha value is -3.94. The average Bonchev–Trinajstić information content (AvgIpc) is 3.14. The highest BCUT2D eigenvalue weighted by atomic mass is 35.5. The number of amides is 3. The minimum Gasteiger partial charge on any atom is -0.349 e. The molecule has 2 aliphatic heterocycles. The molecule has 7 nitrogen and oxygen atoms in total. The molecule has 0 spiro atoms. The maximum Gasteiger partial charge on any atom is 0.279 e. The summed E-state index contributed by atoms with van der Waals surface area (Å²) in [6.07, 6.45) is 0. The number of nitrogens with zero attached hydrogens (tertiary/aromatic N) is 2. The van der Waals surface area contributed by atoms with Gasteiger partial charge in [-0.15, -0.1) is 0 Å². The van der Waals surface area contributed by atoms with Crippen molar-refractivity contribution in [3.8, 4) is 0 Å². The Labute approximate surface area is 227 Å². The molecule has 3 aromatic rings. The minimum absolute atomic E-state index is 0.0263. The molecular weight excluding hydrogens is 500 g/mol. The lowest BCUT2D eigenvalue weighted by Gasteiger charge is -2.32. The van der Waals surface area contributed by atoms with Crippen LogP contribution in [-0.4, -0.2) is 53.7 Å². The van der Waals surface area contributed by atoms with Crippen molar-refractivity contribution < 1.29 is 19.3 Å². The molecule has 0 bridgehead atoms. The van der Waals surface area contributed by atoms with Gasteiger partial charge < -0.3 is 15.1 Å². The zero-order valence-corrected chi connectivity index (χ0v) is 22.0. The van der Waals surface area contributed by atoms with Gasteiger partial charge in [-0.25, -0.2) is 0 Å². The van der Waals surface area contributed by atoms with Crippen LogP contribution in [0.15, 0.2) is 89.6 Å². The number of hydrogen-bond acceptors (Lipinski definition) is 4. The van der Waals surface area contributed by atoms with Gasteiger partial charge in [-0.1, -0.05) is 78.3 Å². The molecule has 0 atom stereocenters. The summed E-state index contributed by atoms with van der Waals surface area (Å²) in [4.78, 5) is 43.6. The van der Waals surface area contributed by atoms with Crippen LogP contribution in [0.3, 0.4) is 0 Å². The normalized spacial score (nSPS) is 16.4. The smallest absolute Gasteiger partial charge is 0.279 e. The van der Waals surface area contributed by atoms with Crippen molar-refractivity contribution in [1.29, 1.82) is 0 Å². The first-order valence-electron chi connectivity index (χ1n) is 12.7. The van der Waals surface area contributed by atoms with Crippen LogP contribution >= 0.6 is 11.6 Å². The molecule has 2 N–H and O–H groups in total. The monoisotopic (exact) mass is 529 g/mol. The van der Waals surface area contributed by atoms with Gasteiger partial charge in [0.1, 0.15) is 17.3 Å². The number of quaternary nitrogens is 1. The number of benzene rings is 3. The number of imide groups is 1. The summed E-state index contributed by atoms with van der Waals surface area (Å²) in [7, 11) is 0. The first-order chi connectivity index (χ1) is 18.4. The van der Waals surface area contributed by atoms with E-state index in [4.69, 9.17) is 11.6 Å². The Bertz CT molecular complexity index is 1380. The molecule has 5 rings (SSSR count). The second kappa shape index (κ2) is 11.2. The highest BCUT2D eigenvalue weighted by molar-refractivity contribution is 6.48. The van der Waals surface area contributed by atoms with Crippen LogP contribution in [0.1, 0.15) is 27.0 Å². The number of piperazine rings is 1. The molecule has 2 heterocycles. The van der Waals surface area contributed by atoms with E-state index in [1.807, 2.05) is 54.3 Å². The summed E-state index contributed by atoms with van der Waals surface area (Å²) in [5.41, 5.74) is 4.08. The molecule has 0 saturated carbocycles. The Morgan fingerprint density at radius 2 is 1.53 bits per heavy atom. The third-order valence-corrected chi connectivity index (χ3v) is 7.44. The highest BCUT2D eigenvalue weighted by Crippen LogP contribution is 2.29. The predicted octanol–water partition coefficient (Wildman–Crippen LogP) is 2.97. The molecule has 1 saturated heterocycles. The standard InChI is InChI=1S/C30H29ClN4O3/c1-21-12-13-24(28(36)34-16-14-33(15-17-34)19-22-8-4-2-5-9-22)18-25(21)32-27-26(31)29(37)35(30(27)38)20-23-10-6-3-7-11-23/h2-13,18,32H,14-17,19-20H2,1H3/p+1. The Balaban J connectivity index is 1.25. The van der Waals surface area contributed by atoms with Crippen LogP contribution in [0.5, 0.6) is 0 Å². The van der Waals surface area contributed by atoms with Crippen molar-refractivity contribution in [3.05, 3.63) is 112 Å². The predicted molar refractivity (Wildman–Crippen MR) is 146 cm³/mol. The Kier molecular flexibility index (Phi) is 7.58. The fourth-order valence-electron chi connectivity index (χ4n) is 4.86. The molecule has 0 aliphatic carbocycles. The average molecular weight is 530 g/mol. The molecule has 0 unspecified atom stereocenters. The van der Waals surface area contributed by atoms with Crippen LogP contribution in [0, 0.1) is 6.92 Å². The van der Waals surface area contributed by atoms with Crippen LogP contribution < -0.4 is 10.2 Å². The molecule has 38 heavy (non-hydrogen) atoms. The lowest BCUT2D eigenvalue weighted by atomic mass is 10.1. The summed E-state index contributed by atoms with van der Waals surface area (Å²) in [5.74, 6) is -1.08. The third kappa shape index (κ3) is 5.49. The van der Waals surface area contributed by atoms with Gasteiger partial charge in [0.05, 0.1) is 32.7 Å². The van der Waals surface area contributed by atoms with E-state index in [1.165, 1.54) is 10.5 Å². The van der Waals surface area contributed by atoms with E-state index < -0.39 is 11.8 Å². The maximum atomic E-state index is 13.3. The molecular formula is C30H30ClN4O3+. The number of nitrogens with one attached hydrogen (secondary N) is 2. The van der Waals surface area contributed by atoms with Gasteiger partial charge in [-0.2, -0.15) is 0 Å². The Morgan fingerprint density at radius 3 is 2.18 bits per heavy atom. The summed E-state index contributed by atoms with van der Waals surface area (Å²) in [6, 6.07) is 25.0. The molecule has 0 aromatic heterocycles. The number of anilines is 1. The van der Waals surface area contributed by atoms with Crippen molar-refractivity contribution in [1.82, 2.24) is 9.80 Å². The summed E-state index contributed by atoms with van der Waals surface area (Å²) < 4.78 is 0. The van der Waals surface area contributed by atoms with E-state index in [0.29, 0.717) is 24.3 Å². The number of rotatable bonds is 7. The number of aryl methyl sites for hydroxylation is 1. The lowest BCUT2D eigenvalue weighted by Crippen LogP contribution is -3.13. The van der Waals surface area contributed by atoms with Gasteiger partial charge in [0.2, 0.25) is 0 Å².